The Balaban J connectivity index is 2.28. The van der Waals surface area contributed by atoms with Crippen LogP contribution in [0.1, 0.15) is 22.3 Å². The molecule has 0 radical (unpaired) electrons. The van der Waals surface area contributed by atoms with Crippen molar-refractivity contribution in [3.63, 3.8) is 0 Å². The third kappa shape index (κ3) is 2.19. The number of nitrogen functional groups attached to an aromatic ring is 2. The molecular formula is C24H24N2. The molecule has 0 bridgehead atoms. The Morgan fingerprint density at radius 2 is 1.35 bits per heavy atom. The molecule has 0 aliphatic rings. The van der Waals surface area contributed by atoms with Crippen LogP contribution < -0.4 is 11.5 Å². The molecule has 0 heterocycles. The van der Waals surface area contributed by atoms with Gasteiger partial charge in [0.25, 0.3) is 0 Å². The van der Waals surface area contributed by atoms with E-state index in [2.05, 4.69) is 70.2 Å². The lowest BCUT2D eigenvalue weighted by atomic mass is 9.85. The van der Waals surface area contributed by atoms with Gasteiger partial charge in [0.05, 0.1) is 0 Å². The van der Waals surface area contributed by atoms with Crippen molar-refractivity contribution in [3.8, 4) is 11.1 Å². The average Bonchev–Trinajstić information content (AvgIpc) is 2.64. The van der Waals surface area contributed by atoms with Crippen molar-refractivity contribution >= 4 is 32.9 Å². The van der Waals surface area contributed by atoms with Crippen molar-refractivity contribution in [2.24, 2.45) is 0 Å². The largest absolute Gasteiger partial charge is 0.398 e. The third-order valence-corrected chi connectivity index (χ3v) is 5.83. The van der Waals surface area contributed by atoms with E-state index in [-0.39, 0.29) is 0 Å². The normalized spacial score (nSPS) is 11.4. The highest BCUT2D eigenvalue weighted by Gasteiger charge is 2.19. The molecule has 0 saturated carbocycles. The summed E-state index contributed by atoms with van der Waals surface area (Å²) in [5.41, 5.74) is 21.8. The number of nitrogens with two attached hydrogens (primary N) is 2. The molecule has 4 N–H and O–H groups in total. The van der Waals surface area contributed by atoms with Gasteiger partial charge in [0.1, 0.15) is 0 Å². The molecule has 0 amide bonds. The van der Waals surface area contributed by atoms with E-state index in [4.69, 9.17) is 11.5 Å². The summed E-state index contributed by atoms with van der Waals surface area (Å²) in [7, 11) is 0. The number of aryl methyl sites for hydroxylation is 3. The van der Waals surface area contributed by atoms with Gasteiger partial charge in [-0.3, -0.25) is 0 Å². The molecule has 0 fully saturated rings. The topological polar surface area (TPSA) is 52.0 Å². The van der Waals surface area contributed by atoms with E-state index in [0.29, 0.717) is 0 Å². The first kappa shape index (κ1) is 16.5. The smallest absolute Gasteiger partial charge is 0.0433 e. The summed E-state index contributed by atoms with van der Waals surface area (Å²) in [4.78, 5) is 0. The fraction of sp³-hybridized carbons (Fsp3) is 0.167. The maximum absolute atomic E-state index is 6.67. The predicted molar refractivity (Wildman–Crippen MR) is 115 cm³/mol. The molecule has 0 aliphatic heterocycles. The van der Waals surface area contributed by atoms with Gasteiger partial charge >= 0.3 is 0 Å². The third-order valence-electron chi connectivity index (χ3n) is 5.83. The molecule has 2 heteroatoms. The SMILES string of the molecule is Cc1ccc2c(-c3c(N)ccc4ccccc34)c(N)c(C)c(C)c2c1C. The highest BCUT2D eigenvalue weighted by Crippen LogP contribution is 2.45. The Morgan fingerprint density at radius 1 is 0.615 bits per heavy atom. The summed E-state index contributed by atoms with van der Waals surface area (Å²) >= 11 is 0. The second kappa shape index (κ2) is 5.77. The highest BCUT2D eigenvalue weighted by atomic mass is 14.6. The van der Waals surface area contributed by atoms with Gasteiger partial charge in [-0.05, 0) is 77.6 Å². The van der Waals surface area contributed by atoms with Crippen LogP contribution in [-0.2, 0) is 0 Å². The predicted octanol–water partition coefficient (Wildman–Crippen LogP) is 6.06. The minimum Gasteiger partial charge on any atom is -0.398 e. The van der Waals surface area contributed by atoms with Crippen LogP contribution in [0.15, 0.2) is 48.5 Å². The van der Waals surface area contributed by atoms with E-state index in [1.807, 2.05) is 6.07 Å². The Morgan fingerprint density at radius 3 is 2.12 bits per heavy atom. The van der Waals surface area contributed by atoms with Gasteiger partial charge in [0.2, 0.25) is 0 Å². The van der Waals surface area contributed by atoms with Crippen LogP contribution in [0.5, 0.6) is 0 Å². The van der Waals surface area contributed by atoms with Crippen LogP contribution in [0.25, 0.3) is 32.7 Å². The number of anilines is 2. The minimum atomic E-state index is 0.762. The number of fused-ring (bicyclic) bond motifs is 2. The van der Waals surface area contributed by atoms with Crippen LogP contribution in [0.3, 0.4) is 0 Å². The van der Waals surface area contributed by atoms with E-state index >= 15 is 0 Å². The van der Waals surface area contributed by atoms with Gasteiger partial charge < -0.3 is 11.5 Å². The van der Waals surface area contributed by atoms with Crippen molar-refractivity contribution < 1.29 is 0 Å². The van der Waals surface area contributed by atoms with Gasteiger partial charge in [-0.25, -0.2) is 0 Å². The number of rotatable bonds is 1. The Labute approximate surface area is 154 Å². The molecular weight excluding hydrogens is 316 g/mol. The van der Waals surface area contributed by atoms with Crippen molar-refractivity contribution in [1.82, 2.24) is 0 Å². The van der Waals surface area contributed by atoms with Gasteiger partial charge in [0.15, 0.2) is 0 Å². The van der Waals surface area contributed by atoms with Crippen molar-refractivity contribution in [2.45, 2.75) is 27.7 Å². The monoisotopic (exact) mass is 340 g/mol. The molecule has 26 heavy (non-hydrogen) atoms. The molecule has 4 aromatic rings. The molecule has 0 unspecified atom stereocenters. The van der Waals surface area contributed by atoms with E-state index in [9.17, 15) is 0 Å². The van der Waals surface area contributed by atoms with Crippen molar-refractivity contribution in [1.29, 1.82) is 0 Å². The molecule has 0 aliphatic carbocycles. The lowest BCUT2D eigenvalue weighted by molar-refractivity contribution is 1.33. The Kier molecular flexibility index (Phi) is 3.66. The quantitative estimate of drug-likeness (QED) is 0.414. The standard InChI is InChI=1S/C24H24N2/c1-13-9-11-19-21(14(13)2)15(3)16(4)24(26)23(19)22-18-8-6-5-7-17(18)10-12-20(22)25/h5-12H,25-26H2,1-4H3. The molecule has 0 atom stereocenters. The first-order valence-electron chi connectivity index (χ1n) is 8.98. The summed E-state index contributed by atoms with van der Waals surface area (Å²) < 4.78 is 0. The van der Waals surface area contributed by atoms with Crippen LogP contribution in [-0.4, -0.2) is 0 Å². The molecule has 0 aromatic heterocycles. The zero-order valence-corrected chi connectivity index (χ0v) is 15.8. The Bertz CT molecular complexity index is 1190. The van der Waals surface area contributed by atoms with Crippen LogP contribution in [0.2, 0.25) is 0 Å². The second-order valence-electron chi connectivity index (χ2n) is 7.22. The first-order chi connectivity index (χ1) is 12.4. The molecule has 0 saturated heterocycles. The number of hydrogen-bond acceptors (Lipinski definition) is 2. The maximum Gasteiger partial charge on any atom is 0.0433 e. The van der Waals surface area contributed by atoms with Gasteiger partial charge in [-0.2, -0.15) is 0 Å². The first-order valence-corrected chi connectivity index (χ1v) is 8.98. The van der Waals surface area contributed by atoms with Crippen LogP contribution >= 0.6 is 0 Å². The molecule has 4 rings (SSSR count). The molecule has 0 spiro atoms. The maximum atomic E-state index is 6.67. The van der Waals surface area contributed by atoms with Crippen LogP contribution in [0.4, 0.5) is 11.4 Å². The van der Waals surface area contributed by atoms with E-state index in [1.54, 1.807) is 0 Å². The van der Waals surface area contributed by atoms with E-state index in [1.165, 1.54) is 32.8 Å². The summed E-state index contributed by atoms with van der Waals surface area (Å²) in [6.07, 6.45) is 0. The lowest BCUT2D eigenvalue weighted by Crippen LogP contribution is -2.02. The lowest BCUT2D eigenvalue weighted by Gasteiger charge is -2.21. The van der Waals surface area contributed by atoms with Gasteiger partial charge in [0, 0.05) is 22.5 Å². The molecule has 4 aromatic carbocycles. The number of hydrogen-bond donors (Lipinski definition) is 2. The van der Waals surface area contributed by atoms with Crippen LogP contribution in [0, 0.1) is 27.7 Å². The minimum absolute atomic E-state index is 0.762. The van der Waals surface area contributed by atoms with Crippen molar-refractivity contribution in [2.75, 3.05) is 11.5 Å². The molecule has 130 valence electrons. The summed E-state index contributed by atoms with van der Waals surface area (Å²) in [5.74, 6) is 0. The Hall–Kier alpha value is -3.00. The summed E-state index contributed by atoms with van der Waals surface area (Å²) in [6.45, 7) is 8.62. The van der Waals surface area contributed by atoms with Gasteiger partial charge in [-0.1, -0.05) is 42.5 Å². The fourth-order valence-electron chi connectivity index (χ4n) is 4.07. The highest BCUT2D eigenvalue weighted by molar-refractivity contribution is 6.15. The van der Waals surface area contributed by atoms with Gasteiger partial charge in [-0.15, -0.1) is 0 Å². The van der Waals surface area contributed by atoms with Crippen molar-refractivity contribution in [3.05, 3.63) is 70.8 Å². The zero-order valence-electron chi connectivity index (χ0n) is 15.8. The van der Waals surface area contributed by atoms with E-state index < -0.39 is 0 Å². The average molecular weight is 340 g/mol. The summed E-state index contributed by atoms with van der Waals surface area (Å²) in [6, 6.07) is 16.8. The molecule has 2 nitrogen and oxygen atoms in total. The number of benzene rings is 4. The fourth-order valence-corrected chi connectivity index (χ4v) is 4.07. The zero-order chi connectivity index (χ0) is 18.6. The second-order valence-corrected chi connectivity index (χ2v) is 7.22. The summed E-state index contributed by atoms with van der Waals surface area (Å²) in [5, 5.41) is 4.78. The van der Waals surface area contributed by atoms with E-state index in [0.717, 1.165) is 33.5 Å².